The number of aryl methyl sites for hydroxylation is 1. The van der Waals surface area contributed by atoms with Gasteiger partial charge >= 0.3 is 6.03 Å². The van der Waals surface area contributed by atoms with Crippen molar-refractivity contribution in [2.75, 3.05) is 46.3 Å². The number of ketones is 1. The van der Waals surface area contributed by atoms with Gasteiger partial charge in [-0.3, -0.25) is 9.59 Å². The van der Waals surface area contributed by atoms with Crippen molar-refractivity contribution in [1.29, 1.82) is 0 Å². The number of ether oxygens (including phenoxy) is 1. The topological polar surface area (TPSA) is 91.0 Å². The quantitative estimate of drug-likeness (QED) is 0.434. The molecule has 3 rings (SSSR count). The van der Waals surface area contributed by atoms with Crippen LogP contribution in [-0.2, 0) is 16.0 Å². The molecule has 0 saturated carbocycles. The molecule has 2 N–H and O–H groups in total. The van der Waals surface area contributed by atoms with Crippen molar-refractivity contribution in [3.8, 4) is 5.75 Å². The van der Waals surface area contributed by atoms with E-state index in [0.29, 0.717) is 38.0 Å². The maximum absolute atomic E-state index is 13.0. The Morgan fingerprint density at radius 3 is 2.22 bits per heavy atom. The predicted octanol–water partition coefficient (Wildman–Crippen LogP) is 3.13. The fourth-order valence-corrected chi connectivity index (χ4v) is 4.23. The Kier molecular flexibility index (Phi) is 11.4. The lowest BCUT2D eigenvalue weighted by atomic mass is 10.0. The Balaban J connectivity index is 1.39. The van der Waals surface area contributed by atoms with E-state index in [9.17, 15) is 14.4 Å². The van der Waals surface area contributed by atoms with Crippen molar-refractivity contribution < 1.29 is 19.1 Å². The van der Waals surface area contributed by atoms with E-state index in [4.69, 9.17) is 4.74 Å². The van der Waals surface area contributed by atoms with Crippen molar-refractivity contribution >= 4 is 17.7 Å². The maximum atomic E-state index is 13.0. The van der Waals surface area contributed by atoms with Gasteiger partial charge in [-0.25, -0.2) is 4.79 Å². The SMILES string of the molecule is CC(CCNC(=O)N1CCN(C)CC1)CC(=O)NCC(=O)C(CCc1ccccc1)Oc1ccccc1. The molecule has 1 aliphatic heterocycles. The summed E-state index contributed by atoms with van der Waals surface area (Å²) in [6.45, 7) is 5.65. The summed E-state index contributed by atoms with van der Waals surface area (Å²) >= 11 is 0. The molecule has 2 atom stereocenters. The van der Waals surface area contributed by atoms with Crippen LogP contribution in [0, 0.1) is 5.92 Å². The van der Waals surface area contributed by atoms with E-state index in [2.05, 4.69) is 22.6 Å². The second-order valence-corrected chi connectivity index (χ2v) is 9.81. The number of carbonyl (C=O) groups is 3. The smallest absolute Gasteiger partial charge is 0.317 e. The summed E-state index contributed by atoms with van der Waals surface area (Å²) in [7, 11) is 2.05. The number of carbonyl (C=O) groups excluding carboxylic acids is 3. The van der Waals surface area contributed by atoms with Gasteiger partial charge in [-0.2, -0.15) is 0 Å². The van der Waals surface area contributed by atoms with Gasteiger partial charge in [0.25, 0.3) is 0 Å². The Bertz CT molecular complexity index is 978. The van der Waals surface area contributed by atoms with Crippen LogP contribution in [0.4, 0.5) is 4.79 Å². The zero-order valence-electron chi connectivity index (χ0n) is 22.0. The number of nitrogens with zero attached hydrogens (tertiary/aromatic N) is 2. The molecule has 1 saturated heterocycles. The summed E-state index contributed by atoms with van der Waals surface area (Å²) in [5, 5.41) is 5.72. The van der Waals surface area contributed by atoms with E-state index >= 15 is 0 Å². The lowest BCUT2D eigenvalue weighted by Gasteiger charge is -2.32. The molecule has 0 spiro atoms. The molecule has 8 nitrogen and oxygen atoms in total. The first-order valence-electron chi connectivity index (χ1n) is 13.2. The van der Waals surface area contributed by atoms with Crippen LogP contribution >= 0.6 is 0 Å². The number of hydrogen-bond donors (Lipinski definition) is 2. The molecule has 0 aliphatic carbocycles. The molecular weight excluding hydrogens is 468 g/mol. The molecule has 1 aliphatic rings. The zero-order valence-corrected chi connectivity index (χ0v) is 22.0. The normalized spacial score (nSPS) is 15.5. The van der Waals surface area contributed by atoms with Crippen LogP contribution in [0.2, 0.25) is 0 Å². The molecule has 37 heavy (non-hydrogen) atoms. The monoisotopic (exact) mass is 508 g/mol. The van der Waals surface area contributed by atoms with Crippen molar-refractivity contribution in [3.63, 3.8) is 0 Å². The molecule has 0 bridgehead atoms. The molecular formula is C29H40N4O4. The molecule has 1 heterocycles. The molecule has 2 aromatic carbocycles. The van der Waals surface area contributed by atoms with Crippen molar-refractivity contribution in [1.82, 2.24) is 20.4 Å². The average Bonchev–Trinajstić information content (AvgIpc) is 2.91. The van der Waals surface area contributed by atoms with Crippen LogP contribution in [-0.4, -0.2) is 79.9 Å². The van der Waals surface area contributed by atoms with E-state index in [-0.39, 0.29) is 30.2 Å². The van der Waals surface area contributed by atoms with Crippen molar-refractivity contribution in [3.05, 3.63) is 66.2 Å². The molecule has 0 aromatic heterocycles. The number of piperazine rings is 1. The third-order valence-corrected chi connectivity index (χ3v) is 6.62. The third kappa shape index (κ3) is 10.2. The number of likely N-dealkylation sites (N-methyl/N-ethyl adjacent to an activating group) is 1. The first-order chi connectivity index (χ1) is 17.9. The molecule has 200 valence electrons. The third-order valence-electron chi connectivity index (χ3n) is 6.62. The summed E-state index contributed by atoms with van der Waals surface area (Å²) in [5.74, 6) is 0.387. The summed E-state index contributed by atoms with van der Waals surface area (Å²) < 4.78 is 6.00. The Morgan fingerprint density at radius 2 is 1.54 bits per heavy atom. The second kappa shape index (κ2) is 15.0. The number of amides is 3. The fraction of sp³-hybridized carbons (Fsp3) is 0.483. The van der Waals surface area contributed by atoms with Gasteiger partial charge in [0, 0.05) is 39.1 Å². The Hall–Kier alpha value is -3.39. The molecule has 8 heteroatoms. The molecule has 2 aromatic rings. The summed E-state index contributed by atoms with van der Waals surface area (Å²) in [6.07, 6.45) is 1.57. The van der Waals surface area contributed by atoms with Crippen molar-refractivity contribution in [2.24, 2.45) is 5.92 Å². The zero-order chi connectivity index (χ0) is 26.5. The van der Waals surface area contributed by atoms with E-state index in [1.807, 2.05) is 72.5 Å². The number of benzene rings is 2. The number of para-hydroxylation sites is 1. The molecule has 0 radical (unpaired) electrons. The van der Waals surface area contributed by atoms with Gasteiger partial charge in [-0.1, -0.05) is 55.5 Å². The second-order valence-electron chi connectivity index (χ2n) is 9.81. The fourth-order valence-electron chi connectivity index (χ4n) is 4.23. The van der Waals surface area contributed by atoms with Crippen LogP contribution in [0.15, 0.2) is 60.7 Å². The highest BCUT2D eigenvalue weighted by Crippen LogP contribution is 2.15. The molecule has 3 amide bonds. The lowest BCUT2D eigenvalue weighted by Crippen LogP contribution is -2.50. The van der Waals surface area contributed by atoms with E-state index in [0.717, 1.165) is 31.7 Å². The van der Waals surface area contributed by atoms with Crippen molar-refractivity contribution in [2.45, 2.75) is 38.7 Å². The van der Waals surface area contributed by atoms with Gasteiger partial charge in [0.1, 0.15) is 5.75 Å². The number of Topliss-reactive ketones (excluding diaryl/α,β-unsaturated/α-hetero) is 1. The van der Waals surface area contributed by atoms with Gasteiger partial charge in [-0.05, 0) is 49.9 Å². The number of hydrogen-bond acceptors (Lipinski definition) is 5. The van der Waals surface area contributed by atoms with Crippen LogP contribution in [0.5, 0.6) is 5.75 Å². The van der Waals surface area contributed by atoms with Gasteiger partial charge in [0.2, 0.25) is 5.91 Å². The minimum absolute atomic E-state index is 0.0460. The van der Waals surface area contributed by atoms with Gasteiger partial charge < -0.3 is 25.2 Å². The predicted molar refractivity (Wildman–Crippen MR) is 145 cm³/mol. The highest BCUT2D eigenvalue weighted by atomic mass is 16.5. The van der Waals surface area contributed by atoms with E-state index < -0.39 is 6.10 Å². The standard InChI is InChI=1S/C29H40N4O4/c1-23(15-16-30-29(36)33-19-17-32(2)18-20-33)21-28(35)31-22-26(34)27(37-25-11-7-4-8-12-25)14-13-24-9-5-3-6-10-24/h3-12,23,27H,13-22H2,1-2H3,(H,30,36)(H,31,35). The number of nitrogens with one attached hydrogen (secondary N) is 2. The largest absolute Gasteiger partial charge is 0.483 e. The van der Waals surface area contributed by atoms with Gasteiger partial charge in [0.05, 0.1) is 6.54 Å². The highest BCUT2D eigenvalue weighted by molar-refractivity contribution is 5.89. The summed E-state index contributed by atoms with van der Waals surface area (Å²) in [6, 6.07) is 19.2. The van der Waals surface area contributed by atoms with Crippen LogP contribution in [0.25, 0.3) is 0 Å². The first kappa shape index (κ1) is 28.2. The summed E-state index contributed by atoms with van der Waals surface area (Å²) in [5.41, 5.74) is 1.13. The summed E-state index contributed by atoms with van der Waals surface area (Å²) in [4.78, 5) is 41.8. The minimum atomic E-state index is -0.648. The Labute approximate surface area is 220 Å². The molecule has 2 unspecified atom stereocenters. The highest BCUT2D eigenvalue weighted by Gasteiger charge is 2.22. The first-order valence-corrected chi connectivity index (χ1v) is 13.2. The van der Waals surface area contributed by atoms with E-state index in [1.54, 1.807) is 0 Å². The van der Waals surface area contributed by atoms with Crippen LogP contribution < -0.4 is 15.4 Å². The minimum Gasteiger partial charge on any atom is -0.483 e. The van der Waals surface area contributed by atoms with E-state index in [1.165, 1.54) is 0 Å². The average molecular weight is 509 g/mol. The number of urea groups is 1. The Morgan fingerprint density at radius 1 is 0.892 bits per heavy atom. The lowest BCUT2D eigenvalue weighted by molar-refractivity contribution is -0.129. The van der Waals surface area contributed by atoms with Crippen LogP contribution in [0.3, 0.4) is 0 Å². The van der Waals surface area contributed by atoms with Gasteiger partial charge in [0.15, 0.2) is 11.9 Å². The van der Waals surface area contributed by atoms with Crippen LogP contribution in [0.1, 0.15) is 31.7 Å². The number of rotatable bonds is 13. The molecule has 1 fully saturated rings. The maximum Gasteiger partial charge on any atom is 0.317 e. The van der Waals surface area contributed by atoms with Gasteiger partial charge in [-0.15, -0.1) is 0 Å².